The maximum Gasteiger partial charge on any atom is 0.326 e. The van der Waals surface area contributed by atoms with Gasteiger partial charge in [-0.3, -0.25) is 57.5 Å². The second-order valence-electron chi connectivity index (χ2n) is 28.3. The molecule has 0 bridgehead atoms. The van der Waals surface area contributed by atoms with E-state index < -0.39 is 54.4 Å². The molecule has 0 aliphatic heterocycles. The number of carbonyl (C=O) groups is 14. The van der Waals surface area contributed by atoms with Crippen LogP contribution in [0, 0.1) is 5.92 Å². The van der Waals surface area contributed by atoms with Gasteiger partial charge in [0, 0.05) is 96.7 Å². The zero-order valence-electron chi connectivity index (χ0n) is 68.2. The standard InChI is InChI=1S/C80H141N7O27/c1-2-63(29-23-25-41-81-74(96)61-114-56-52-110-48-44-84-76(98)62-113-55-49-107-45-27-30-64(89)37-38-67(79(103)104)86-72(94)33-19-15-11-7-3-5-9-13-17-21-35-77(99)100)69(91)57-85-66(70(92)58-88)32-24-26-42-82-75(97)60-112-54-50-108-46-28-31-65(90)59-111-53-51-109-47-43-83-71(93)40-39-68(80(105)106)87-73(95)34-20-16-12-8-4-6-10-14-18-22-36-78(101)102/h63,66-68,85,88H,2-62H2,1H3,(H,81,96)(H,82,97)(H,83,93)(H,84,98)(H,86,94)(H,87,95)(H,99,100)(H,101,102)(H,103,104)(H,105,106)/t63-,66-,67-,68-/m0/s1. The summed E-state index contributed by atoms with van der Waals surface area (Å²) in [5.74, 6) is -7.02. The van der Waals surface area contributed by atoms with Crippen molar-refractivity contribution in [3.63, 3.8) is 0 Å². The van der Waals surface area contributed by atoms with Crippen LogP contribution in [-0.4, -0.2) is 271 Å². The summed E-state index contributed by atoms with van der Waals surface area (Å²) in [5, 5.41) is 65.0. The number of rotatable bonds is 87. The van der Waals surface area contributed by atoms with E-state index in [4.69, 9.17) is 48.1 Å². The van der Waals surface area contributed by atoms with Crippen LogP contribution in [0.4, 0.5) is 0 Å². The van der Waals surface area contributed by atoms with Crippen molar-refractivity contribution < 1.29 is 131 Å². The smallest absolute Gasteiger partial charge is 0.326 e. The summed E-state index contributed by atoms with van der Waals surface area (Å²) in [5.41, 5.74) is 0. The Morgan fingerprint density at radius 2 is 0.632 bits per heavy atom. The highest BCUT2D eigenvalue weighted by Gasteiger charge is 2.25. The summed E-state index contributed by atoms with van der Waals surface area (Å²) >= 11 is 0. The molecule has 658 valence electrons. The molecule has 0 fully saturated rings. The first-order valence-electron chi connectivity index (χ1n) is 41.7. The summed E-state index contributed by atoms with van der Waals surface area (Å²) in [6.45, 7) is 4.00. The van der Waals surface area contributed by atoms with Crippen molar-refractivity contribution in [1.82, 2.24) is 37.2 Å². The molecule has 0 radical (unpaired) electrons. The highest BCUT2D eigenvalue weighted by Crippen LogP contribution is 2.17. The van der Waals surface area contributed by atoms with E-state index in [0.29, 0.717) is 103 Å². The van der Waals surface area contributed by atoms with E-state index in [9.17, 15) is 82.4 Å². The largest absolute Gasteiger partial charge is 0.481 e. The van der Waals surface area contributed by atoms with Crippen LogP contribution < -0.4 is 37.2 Å². The lowest BCUT2D eigenvalue weighted by Crippen LogP contribution is -2.42. The number of carbonyl (C=O) groups excluding carboxylic acids is 10. The predicted octanol–water partition coefficient (Wildman–Crippen LogP) is 5.97. The van der Waals surface area contributed by atoms with Gasteiger partial charge in [0.1, 0.15) is 56.7 Å². The van der Waals surface area contributed by atoms with Crippen LogP contribution >= 0.6 is 0 Å². The highest BCUT2D eigenvalue weighted by atomic mass is 16.5. The molecule has 4 atom stereocenters. The van der Waals surface area contributed by atoms with Crippen molar-refractivity contribution in [3.05, 3.63) is 0 Å². The molecule has 0 unspecified atom stereocenters. The lowest BCUT2D eigenvalue weighted by atomic mass is 9.94. The SMILES string of the molecule is CC[C@@H](CCCCNC(=O)COCCOCCNC(=O)COCCOCCCC(=O)CC[C@H](NC(=O)CCCCCCCCCCCCC(=O)O)C(=O)O)C(=O)CN[C@@H](CCCCNC(=O)COCCOCCCC(=O)COCCOCCNC(=O)CC[C@H](NC(=O)CCCCCCCCCCCCC(=O)O)C(=O)O)C(=O)CO. The number of carboxylic acid groups (broad SMARTS) is 4. The fourth-order valence-corrected chi connectivity index (χ4v) is 11.7. The van der Waals surface area contributed by atoms with Gasteiger partial charge in [0.25, 0.3) is 0 Å². The molecule has 34 nitrogen and oxygen atoms in total. The van der Waals surface area contributed by atoms with Crippen LogP contribution in [0.1, 0.15) is 257 Å². The summed E-state index contributed by atoms with van der Waals surface area (Å²) < 4.78 is 43.3. The number of unbranched alkanes of at least 4 members (excludes halogenated alkanes) is 20. The van der Waals surface area contributed by atoms with Crippen LogP contribution in [0.15, 0.2) is 0 Å². The Morgan fingerprint density at radius 1 is 0.281 bits per heavy atom. The molecular weight excluding hydrogens is 1490 g/mol. The van der Waals surface area contributed by atoms with Gasteiger partial charge in [-0.15, -0.1) is 0 Å². The lowest BCUT2D eigenvalue weighted by molar-refractivity contribution is -0.142. The number of hydrogen-bond acceptors (Lipinski definition) is 24. The summed E-state index contributed by atoms with van der Waals surface area (Å²) in [6.07, 6.45) is 24.9. The Morgan fingerprint density at radius 3 is 1.04 bits per heavy atom. The maximum atomic E-state index is 13.1. The number of amides is 6. The monoisotopic (exact) mass is 1630 g/mol. The number of aliphatic carboxylic acids is 4. The van der Waals surface area contributed by atoms with Gasteiger partial charge in [-0.25, -0.2) is 9.59 Å². The zero-order valence-corrected chi connectivity index (χ0v) is 68.2. The number of hydrogen-bond donors (Lipinski definition) is 12. The molecule has 0 saturated carbocycles. The molecule has 0 aromatic heterocycles. The number of ketones is 4. The molecule has 0 rings (SSSR count). The fraction of sp³-hybridized carbons (Fsp3) is 0.825. The normalized spacial score (nSPS) is 12.3. The molecule has 0 spiro atoms. The average Bonchev–Trinajstić information content (AvgIpc) is 0.872. The van der Waals surface area contributed by atoms with Gasteiger partial charge in [-0.1, -0.05) is 116 Å². The molecule has 0 aliphatic carbocycles. The molecule has 0 saturated heterocycles. The Balaban J connectivity index is 3.92. The van der Waals surface area contributed by atoms with Crippen LogP contribution in [0.25, 0.3) is 0 Å². The van der Waals surface area contributed by atoms with Crippen molar-refractivity contribution >= 4 is 82.5 Å². The van der Waals surface area contributed by atoms with E-state index in [1.54, 1.807) is 0 Å². The third-order valence-electron chi connectivity index (χ3n) is 18.4. The van der Waals surface area contributed by atoms with E-state index in [0.717, 1.165) is 103 Å². The number of aliphatic hydroxyl groups is 1. The van der Waals surface area contributed by atoms with Crippen LogP contribution in [0.2, 0.25) is 0 Å². The van der Waals surface area contributed by atoms with Gasteiger partial charge in [-0.2, -0.15) is 0 Å². The third kappa shape index (κ3) is 71.5. The number of nitrogens with one attached hydrogen (secondary N) is 7. The van der Waals surface area contributed by atoms with Gasteiger partial charge in [0.05, 0.1) is 78.7 Å². The topological polar surface area (TPSA) is 498 Å². The van der Waals surface area contributed by atoms with Crippen molar-refractivity contribution in [3.8, 4) is 0 Å². The van der Waals surface area contributed by atoms with E-state index in [1.165, 1.54) is 0 Å². The molecule has 0 aromatic rings. The molecule has 0 heterocycles. The number of aliphatic hydroxyl groups excluding tert-OH is 1. The second-order valence-corrected chi connectivity index (χ2v) is 28.3. The Labute approximate surface area is 674 Å². The molecule has 34 heteroatoms. The van der Waals surface area contributed by atoms with Crippen molar-refractivity contribution in [1.29, 1.82) is 0 Å². The fourth-order valence-electron chi connectivity index (χ4n) is 11.7. The Kier molecular flexibility index (Phi) is 72.5. The second kappa shape index (κ2) is 77.2. The molecular formula is C80H141N7O27. The maximum absolute atomic E-state index is 13.1. The first-order valence-corrected chi connectivity index (χ1v) is 41.7. The van der Waals surface area contributed by atoms with Crippen molar-refractivity contribution in [2.45, 2.75) is 275 Å². The van der Waals surface area contributed by atoms with Crippen LogP contribution in [0.3, 0.4) is 0 Å². The first kappa shape index (κ1) is 107. The minimum absolute atomic E-state index is 0.00180. The minimum atomic E-state index is -1.21. The number of ether oxygens (including phenoxy) is 8. The van der Waals surface area contributed by atoms with Crippen LogP contribution in [0.5, 0.6) is 0 Å². The lowest BCUT2D eigenvalue weighted by Gasteiger charge is -2.19. The van der Waals surface area contributed by atoms with Crippen molar-refractivity contribution in [2.75, 3.05) is 145 Å². The molecule has 0 aliphatic rings. The number of carboxylic acids is 4. The van der Waals surface area contributed by atoms with Gasteiger partial charge in [-0.05, 0) is 89.9 Å². The molecule has 0 aromatic carbocycles. The van der Waals surface area contributed by atoms with Gasteiger partial charge < -0.3 is 101 Å². The first-order chi connectivity index (χ1) is 55.1. The van der Waals surface area contributed by atoms with E-state index >= 15 is 0 Å². The van der Waals surface area contributed by atoms with Gasteiger partial charge in [0.15, 0.2) is 11.6 Å². The van der Waals surface area contributed by atoms with Gasteiger partial charge >= 0.3 is 23.9 Å². The van der Waals surface area contributed by atoms with E-state index in [-0.39, 0.29) is 242 Å². The Bertz CT molecular complexity index is 2620. The highest BCUT2D eigenvalue weighted by molar-refractivity contribution is 5.88. The van der Waals surface area contributed by atoms with Crippen LogP contribution in [-0.2, 0) is 105 Å². The summed E-state index contributed by atoms with van der Waals surface area (Å²) in [6, 6.07) is -3.06. The Hall–Kier alpha value is -7.02. The number of Topliss-reactive ketones (excluding diaryl/α,β-unsaturated/α-hetero) is 4. The minimum Gasteiger partial charge on any atom is -0.481 e. The summed E-state index contributed by atoms with van der Waals surface area (Å²) in [4.78, 5) is 169. The zero-order chi connectivity index (χ0) is 84.1. The van der Waals surface area contributed by atoms with Crippen molar-refractivity contribution in [2.24, 2.45) is 5.92 Å². The van der Waals surface area contributed by atoms with Gasteiger partial charge in [0.2, 0.25) is 35.4 Å². The summed E-state index contributed by atoms with van der Waals surface area (Å²) in [7, 11) is 0. The molecule has 6 amide bonds. The third-order valence-corrected chi connectivity index (χ3v) is 18.4. The molecule has 114 heavy (non-hydrogen) atoms. The van der Waals surface area contributed by atoms with E-state index in [1.807, 2.05) is 6.92 Å². The average molecular weight is 1630 g/mol. The quantitative estimate of drug-likeness (QED) is 0.0312. The van der Waals surface area contributed by atoms with E-state index in [2.05, 4.69) is 37.2 Å². The molecule has 12 N–H and O–H groups in total. The predicted molar refractivity (Wildman–Crippen MR) is 421 cm³/mol.